The van der Waals surface area contributed by atoms with Gasteiger partial charge in [-0.3, -0.25) is 9.59 Å². The van der Waals surface area contributed by atoms with E-state index in [1.165, 1.54) is 32.2 Å². The van der Waals surface area contributed by atoms with Gasteiger partial charge in [-0.2, -0.15) is 11.2 Å². The molecule has 0 aliphatic rings. The van der Waals surface area contributed by atoms with Crippen molar-refractivity contribution in [2.75, 3.05) is 16.9 Å². The number of hydrogen-bond acceptors (Lipinski definition) is 6. The molecule has 0 spiro atoms. The second-order valence-corrected chi connectivity index (χ2v) is 9.91. The van der Waals surface area contributed by atoms with Gasteiger partial charge in [0.05, 0.1) is 17.4 Å². The predicted octanol–water partition coefficient (Wildman–Crippen LogP) is 2.39. The van der Waals surface area contributed by atoms with Crippen LogP contribution in [0.1, 0.15) is 24.2 Å². The molecule has 0 unspecified atom stereocenters. The Morgan fingerprint density at radius 2 is 1.81 bits per heavy atom. The molecular formula is C21H21N4O5SY-. The van der Waals surface area contributed by atoms with Crippen molar-refractivity contribution in [3.05, 3.63) is 66.5 Å². The maximum absolute atomic E-state index is 12.5. The van der Waals surface area contributed by atoms with Crippen LogP contribution in [0.2, 0.25) is 0 Å². The third kappa shape index (κ3) is 5.62. The van der Waals surface area contributed by atoms with E-state index in [1.807, 2.05) is 30.3 Å². The fourth-order valence-corrected chi connectivity index (χ4v) is 2.84. The van der Waals surface area contributed by atoms with Crippen LogP contribution in [0.4, 0.5) is 11.4 Å². The van der Waals surface area contributed by atoms with Crippen molar-refractivity contribution in [1.82, 2.24) is 9.78 Å². The van der Waals surface area contributed by atoms with Gasteiger partial charge < -0.3 is 15.7 Å². The van der Waals surface area contributed by atoms with Crippen molar-refractivity contribution in [2.45, 2.75) is 18.6 Å². The minimum Gasteiger partial charge on any atom is -0.531 e. The number of sulfone groups is 1. The molecule has 0 bridgehead atoms. The number of carbonyl (C=O) groups excluding carboxylic acids is 2. The molecular weight excluding hydrogens is 509 g/mol. The summed E-state index contributed by atoms with van der Waals surface area (Å²) in [6, 6.07) is 14.4. The van der Waals surface area contributed by atoms with Crippen LogP contribution in [0.3, 0.4) is 0 Å². The minimum absolute atomic E-state index is 0. The zero-order valence-electron chi connectivity index (χ0n) is 17.7. The van der Waals surface area contributed by atoms with Gasteiger partial charge in [0, 0.05) is 50.9 Å². The summed E-state index contributed by atoms with van der Waals surface area (Å²) < 4.78 is 23.4. The Morgan fingerprint density at radius 3 is 2.41 bits per heavy atom. The first kappa shape index (κ1) is 25.7. The second kappa shape index (κ2) is 9.93. The Bertz CT molecular complexity index is 1240. The first-order valence-electron chi connectivity index (χ1n) is 9.16. The van der Waals surface area contributed by atoms with E-state index in [1.54, 1.807) is 10.9 Å². The number of para-hydroxylation sites is 1. The smallest absolute Gasteiger partial charge is 0.248 e. The van der Waals surface area contributed by atoms with E-state index in [-0.39, 0.29) is 55.4 Å². The summed E-state index contributed by atoms with van der Waals surface area (Å²) in [5.74, 6) is -1.59. The summed E-state index contributed by atoms with van der Waals surface area (Å²) in [5, 5.41) is 19.3. The molecule has 0 saturated heterocycles. The van der Waals surface area contributed by atoms with Gasteiger partial charge in [-0.25, -0.2) is 13.1 Å². The first-order chi connectivity index (χ1) is 14.5. The van der Waals surface area contributed by atoms with Crippen LogP contribution in [-0.4, -0.2) is 46.1 Å². The number of amides is 2. The molecule has 165 valence electrons. The fourth-order valence-electron chi connectivity index (χ4n) is 2.45. The number of nitrogens with one attached hydrogen (secondary N) is 2. The summed E-state index contributed by atoms with van der Waals surface area (Å²) in [6.45, 7) is 2.56. The zero-order chi connectivity index (χ0) is 22.8. The number of hydrogen-bond donors (Lipinski definition) is 3. The quantitative estimate of drug-likeness (QED) is 0.332. The van der Waals surface area contributed by atoms with Crippen molar-refractivity contribution >= 4 is 33.0 Å². The molecule has 0 aliphatic heterocycles. The van der Waals surface area contributed by atoms with E-state index in [0.717, 1.165) is 11.9 Å². The molecule has 3 aromatic rings. The molecule has 3 rings (SSSR count). The van der Waals surface area contributed by atoms with Gasteiger partial charge in [-0.05, 0) is 31.7 Å². The molecule has 1 heterocycles. The van der Waals surface area contributed by atoms with E-state index in [9.17, 15) is 23.1 Å². The zero-order valence-corrected chi connectivity index (χ0v) is 21.3. The van der Waals surface area contributed by atoms with Crippen molar-refractivity contribution in [1.29, 1.82) is 0 Å². The summed E-state index contributed by atoms with van der Waals surface area (Å²) in [5.41, 5.74) is 1.19. The van der Waals surface area contributed by atoms with E-state index < -0.39 is 26.4 Å². The van der Waals surface area contributed by atoms with E-state index in [4.69, 9.17) is 0 Å². The van der Waals surface area contributed by atoms with Gasteiger partial charge in [0.1, 0.15) is 4.75 Å². The second-order valence-electron chi connectivity index (χ2n) is 7.35. The average Bonchev–Trinajstić information content (AvgIpc) is 3.20. The van der Waals surface area contributed by atoms with E-state index in [0.29, 0.717) is 0 Å². The minimum atomic E-state index is -3.66. The number of aromatic hydroxyl groups is 1. The van der Waals surface area contributed by atoms with Crippen LogP contribution in [0, 0.1) is 6.07 Å². The largest absolute Gasteiger partial charge is 0.531 e. The molecule has 9 nitrogen and oxygen atoms in total. The summed E-state index contributed by atoms with van der Waals surface area (Å²) in [4.78, 5) is 24.8. The standard InChI is InChI=1S/C21H21N4O5S.Y/c1-21(2,31(3,29)30)20(28)23-15-9-10-17(18(26)11-15)24-19(27)14-12-22-25(13-14)16-7-5-4-6-8-16;/h4-8,10-13,26H,1-3H3,(H,23,28)(H,24,27);/q-1;. The van der Waals surface area contributed by atoms with E-state index in [2.05, 4.69) is 21.8 Å². The Hall–Kier alpha value is -2.56. The first-order valence-corrected chi connectivity index (χ1v) is 11.1. The van der Waals surface area contributed by atoms with Gasteiger partial charge in [-0.1, -0.05) is 23.9 Å². The number of rotatable bonds is 6. The third-order valence-corrected chi connectivity index (χ3v) is 6.80. The number of phenolic OH excluding ortho intramolecular Hbond substituents is 1. The number of carbonyl (C=O) groups is 2. The van der Waals surface area contributed by atoms with Crippen molar-refractivity contribution < 1.29 is 55.8 Å². The van der Waals surface area contributed by atoms with Gasteiger partial charge in [0.15, 0.2) is 9.84 Å². The Morgan fingerprint density at radius 1 is 1.16 bits per heavy atom. The third-order valence-electron chi connectivity index (χ3n) is 4.76. The topological polar surface area (TPSA) is 130 Å². The van der Waals surface area contributed by atoms with Crippen LogP contribution in [0.5, 0.6) is 5.75 Å². The molecule has 3 N–H and O–H groups in total. The van der Waals surface area contributed by atoms with Crippen LogP contribution in [-0.2, 0) is 47.3 Å². The van der Waals surface area contributed by atoms with Crippen LogP contribution >= 0.6 is 0 Å². The Labute approximate surface area is 211 Å². The van der Waals surface area contributed by atoms with Gasteiger partial charge in [-0.15, -0.1) is 12.1 Å². The maximum atomic E-state index is 12.5. The number of nitrogens with zero attached hydrogens (tertiary/aromatic N) is 2. The van der Waals surface area contributed by atoms with E-state index >= 15 is 0 Å². The maximum Gasteiger partial charge on any atom is 0.248 e. The van der Waals surface area contributed by atoms with Crippen LogP contribution < -0.4 is 10.6 Å². The number of aromatic nitrogens is 2. The molecule has 0 aliphatic carbocycles. The summed E-state index contributed by atoms with van der Waals surface area (Å²) >= 11 is 0. The SMILES string of the molecule is CC(C)(C(=O)Nc1[c-]cc(NC(=O)c2cnn(-c3ccccc3)c2)c(O)c1)S(C)(=O)=O.[Y]. The Kier molecular flexibility index (Phi) is 7.98. The van der Waals surface area contributed by atoms with Crippen LogP contribution in [0.25, 0.3) is 5.69 Å². The normalized spacial score (nSPS) is 11.3. The number of benzene rings is 2. The monoisotopic (exact) mass is 530 g/mol. The molecule has 32 heavy (non-hydrogen) atoms. The van der Waals surface area contributed by atoms with Gasteiger partial charge in [0.2, 0.25) is 11.8 Å². The number of phenols is 1. The van der Waals surface area contributed by atoms with Crippen LogP contribution in [0.15, 0.2) is 54.9 Å². The summed E-state index contributed by atoms with van der Waals surface area (Å²) in [7, 11) is -3.66. The predicted molar refractivity (Wildman–Crippen MR) is 116 cm³/mol. The van der Waals surface area contributed by atoms with Gasteiger partial charge in [0.25, 0.3) is 0 Å². The molecule has 1 aromatic heterocycles. The van der Waals surface area contributed by atoms with Crippen molar-refractivity contribution in [3.8, 4) is 11.4 Å². The molecule has 0 fully saturated rings. The van der Waals surface area contributed by atoms with Crippen molar-refractivity contribution in [2.24, 2.45) is 0 Å². The van der Waals surface area contributed by atoms with Gasteiger partial charge >= 0.3 is 0 Å². The number of anilines is 2. The average molecular weight is 530 g/mol. The fraction of sp³-hybridized carbons (Fsp3) is 0.190. The molecule has 0 saturated carbocycles. The Balaban J connectivity index is 0.00000363. The molecule has 2 amide bonds. The molecule has 2 aromatic carbocycles. The molecule has 1 radical (unpaired) electrons. The summed E-state index contributed by atoms with van der Waals surface area (Å²) in [6.07, 6.45) is 3.91. The van der Waals surface area contributed by atoms with Crippen molar-refractivity contribution in [3.63, 3.8) is 0 Å². The molecule has 11 heteroatoms. The molecule has 0 atom stereocenters.